The van der Waals surface area contributed by atoms with Crippen molar-refractivity contribution in [3.8, 4) is 17.6 Å². The normalized spacial score (nSPS) is 14.5. The molecule has 6 nitrogen and oxygen atoms in total. The minimum Gasteiger partial charge on any atom is -0.490 e. The van der Waals surface area contributed by atoms with Crippen molar-refractivity contribution in [1.82, 2.24) is 10.2 Å². The molecule has 1 heterocycles. The average Bonchev–Trinajstić information content (AvgIpc) is 2.65. The summed E-state index contributed by atoms with van der Waals surface area (Å²) in [4.78, 5) is 13.8. The van der Waals surface area contributed by atoms with Crippen LogP contribution in [0, 0.1) is 11.3 Å². The highest BCUT2D eigenvalue weighted by atomic mass is 16.5. The Morgan fingerprint density at radius 1 is 1.23 bits per heavy atom. The van der Waals surface area contributed by atoms with E-state index < -0.39 is 0 Å². The van der Waals surface area contributed by atoms with E-state index in [4.69, 9.17) is 14.7 Å². The Kier molecular flexibility index (Phi) is 8.77. The first-order valence-electron chi connectivity index (χ1n) is 9.47. The molecule has 0 aromatic heterocycles. The van der Waals surface area contributed by atoms with Gasteiger partial charge in [-0.05, 0) is 57.0 Å². The van der Waals surface area contributed by atoms with Gasteiger partial charge in [-0.2, -0.15) is 5.26 Å². The molecule has 0 aliphatic carbocycles. The van der Waals surface area contributed by atoms with Crippen molar-refractivity contribution in [2.24, 2.45) is 0 Å². The standard InChI is InChI=1S/C20H29N3O3/c1-2-25-19-16-17(9-11-22-20(24)8-10-21)6-7-18(19)26-15-14-23-12-4-3-5-13-23/h6-7,16H,2-5,8-9,11-15H2,1H3,(H,22,24). The molecule has 1 fully saturated rings. The molecule has 0 unspecified atom stereocenters. The Bertz CT molecular complexity index is 607. The molecule has 1 aromatic carbocycles. The molecule has 1 saturated heterocycles. The first kappa shape index (κ1) is 20.1. The smallest absolute Gasteiger partial charge is 0.234 e. The van der Waals surface area contributed by atoms with Crippen LogP contribution >= 0.6 is 0 Å². The fourth-order valence-electron chi connectivity index (χ4n) is 3.04. The average molecular weight is 359 g/mol. The van der Waals surface area contributed by atoms with Crippen LogP contribution < -0.4 is 14.8 Å². The van der Waals surface area contributed by atoms with Gasteiger partial charge >= 0.3 is 0 Å². The molecular formula is C20H29N3O3. The lowest BCUT2D eigenvalue weighted by Crippen LogP contribution is -2.33. The molecule has 2 rings (SSSR count). The van der Waals surface area contributed by atoms with Gasteiger partial charge in [-0.3, -0.25) is 9.69 Å². The second kappa shape index (κ2) is 11.4. The maximum atomic E-state index is 11.3. The molecule has 1 N–H and O–H groups in total. The predicted octanol–water partition coefficient (Wildman–Crippen LogP) is 2.52. The summed E-state index contributed by atoms with van der Waals surface area (Å²) >= 11 is 0. The van der Waals surface area contributed by atoms with Crippen LogP contribution in [0.3, 0.4) is 0 Å². The topological polar surface area (TPSA) is 74.6 Å². The zero-order chi connectivity index (χ0) is 18.6. The molecule has 1 aliphatic rings. The Hall–Kier alpha value is -2.26. The van der Waals surface area contributed by atoms with E-state index in [0.717, 1.165) is 36.7 Å². The summed E-state index contributed by atoms with van der Waals surface area (Å²) in [5, 5.41) is 11.2. The Balaban J connectivity index is 1.84. The van der Waals surface area contributed by atoms with Crippen LogP contribution in [-0.4, -0.2) is 50.2 Å². The van der Waals surface area contributed by atoms with Crippen molar-refractivity contribution in [3.05, 3.63) is 23.8 Å². The second-order valence-electron chi connectivity index (χ2n) is 6.40. The van der Waals surface area contributed by atoms with Crippen molar-refractivity contribution < 1.29 is 14.3 Å². The minimum atomic E-state index is -0.241. The zero-order valence-corrected chi connectivity index (χ0v) is 15.6. The number of carbonyl (C=O) groups excluding carboxylic acids is 1. The molecule has 0 saturated carbocycles. The number of hydrogen-bond acceptors (Lipinski definition) is 5. The molecular weight excluding hydrogens is 330 g/mol. The van der Waals surface area contributed by atoms with E-state index in [1.807, 2.05) is 31.2 Å². The lowest BCUT2D eigenvalue weighted by Gasteiger charge is -2.26. The van der Waals surface area contributed by atoms with Gasteiger partial charge in [0.05, 0.1) is 12.7 Å². The van der Waals surface area contributed by atoms with Gasteiger partial charge in [-0.15, -0.1) is 0 Å². The number of ether oxygens (including phenoxy) is 2. The van der Waals surface area contributed by atoms with Gasteiger partial charge in [0.25, 0.3) is 0 Å². The number of nitriles is 1. The van der Waals surface area contributed by atoms with Crippen LogP contribution in [-0.2, 0) is 11.2 Å². The maximum Gasteiger partial charge on any atom is 0.234 e. The number of benzene rings is 1. The lowest BCUT2D eigenvalue weighted by molar-refractivity contribution is -0.120. The second-order valence-corrected chi connectivity index (χ2v) is 6.40. The van der Waals surface area contributed by atoms with Gasteiger partial charge in [-0.1, -0.05) is 12.5 Å². The molecule has 1 aromatic rings. The van der Waals surface area contributed by atoms with E-state index in [2.05, 4.69) is 10.2 Å². The van der Waals surface area contributed by atoms with Gasteiger partial charge in [0, 0.05) is 13.1 Å². The number of amides is 1. The van der Waals surface area contributed by atoms with Crippen LogP contribution in [0.15, 0.2) is 18.2 Å². The molecule has 6 heteroatoms. The van der Waals surface area contributed by atoms with Crippen molar-refractivity contribution in [1.29, 1.82) is 5.26 Å². The molecule has 1 aliphatic heterocycles. The highest BCUT2D eigenvalue weighted by Gasteiger charge is 2.11. The summed E-state index contributed by atoms with van der Waals surface area (Å²) in [5.74, 6) is 1.27. The summed E-state index contributed by atoms with van der Waals surface area (Å²) < 4.78 is 11.7. The van der Waals surface area contributed by atoms with Crippen molar-refractivity contribution >= 4 is 5.91 Å². The number of rotatable bonds is 10. The first-order chi connectivity index (χ1) is 12.7. The van der Waals surface area contributed by atoms with Gasteiger partial charge < -0.3 is 14.8 Å². The van der Waals surface area contributed by atoms with E-state index >= 15 is 0 Å². The monoisotopic (exact) mass is 359 g/mol. The third-order valence-electron chi connectivity index (χ3n) is 4.40. The SMILES string of the molecule is CCOc1cc(CCNC(=O)CC#N)ccc1OCCN1CCCCC1. The van der Waals surface area contributed by atoms with Crippen molar-refractivity contribution in [2.75, 3.05) is 39.4 Å². The third-order valence-corrected chi connectivity index (χ3v) is 4.40. The third kappa shape index (κ3) is 6.93. The molecule has 0 spiro atoms. The summed E-state index contributed by atoms with van der Waals surface area (Å²) in [6.45, 7) is 6.95. The fourth-order valence-corrected chi connectivity index (χ4v) is 3.04. The van der Waals surface area contributed by atoms with Gasteiger partial charge in [0.2, 0.25) is 5.91 Å². The number of nitrogens with one attached hydrogen (secondary N) is 1. The molecule has 0 radical (unpaired) electrons. The number of hydrogen-bond donors (Lipinski definition) is 1. The fraction of sp³-hybridized carbons (Fsp3) is 0.600. The Morgan fingerprint density at radius 2 is 2.04 bits per heavy atom. The summed E-state index contributed by atoms with van der Waals surface area (Å²) in [6, 6.07) is 7.74. The molecule has 142 valence electrons. The Labute approximate surface area is 156 Å². The Morgan fingerprint density at radius 3 is 2.77 bits per heavy atom. The van der Waals surface area contributed by atoms with E-state index in [-0.39, 0.29) is 12.3 Å². The zero-order valence-electron chi connectivity index (χ0n) is 15.6. The van der Waals surface area contributed by atoms with Gasteiger partial charge in [-0.25, -0.2) is 0 Å². The number of piperidine rings is 1. The van der Waals surface area contributed by atoms with E-state index in [0.29, 0.717) is 26.2 Å². The first-order valence-corrected chi connectivity index (χ1v) is 9.47. The lowest BCUT2D eigenvalue weighted by atomic mass is 10.1. The predicted molar refractivity (Wildman–Crippen MR) is 100 cm³/mol. The van der Waals surface area contributed by atoms with E-state index in [9.17, 15) is 4.79 Å². The van der Waals surface area contributed by atoms with Crippen LogP contribution in [0.1, 0.15) is 38.2 Å². The number of nitrogens with zero attached hydrogens (tertiary/aromatic N) is 2. The molecule has 26 heavy (non-hydrogen) atoms. The minimum absolute atomic E-state index is 0.103. The van der Waals surface area contributed by atoms with Crippen LogP contribution in [0.2, 0.25) is 0 Å². The highest BCUT2D eigenvalue weighted by molar-refractivity contribution is 5.77. The maximum absolute atomic E-state index is 11.3. The molecule has 0 bridgehead atoms. The van der Waals surface area contributed by atoms with Crippen molar-refractivity contribution in [3.63, 3.8) is 0 Å². The molecule has 0 atom stereocenters. The van der Waals surface area contributed by atoms with E-state index in [1.54, 1.807) is 0 Å². The largest absolute Gasteiger partial charge is 0.490 e. The van der Waals surface area contributed by atoms with Crippen LogP contribution in [0.25, 0.3) is 0 Å². The summed E-state index contributed by atoms with van der Waals surface area (Å²) in [6.07, 6.45) is 4.48. The van der Waals surface area contributed by atoms with Crippen molar-refractivity contribution in [2.45, 2.75) is 39.0 Å². The van der Waals surface area contributed by atoms with Gasteiger partial charge in [0.15, 0.2) is 11.5 Å². The molecule has 1 amide bonds. The summed E-state index contributed by atoms with van der Waals surface area (Å²) in [5.41, 5.74) is 1.06. The quantitative estimate of drug-likeness (QED) is 0.695. The van der Waals surface area contributed by atoms with E-state index in [1.165, 1.54) is 19.3 Å². The summed E-state index contributed by atoms with van der Waals surface area (Å²) in [7, 11) is 0. The number of likely N-dealkylation sites (tertiary alicyclic amines) is 1. The van der Waals surface area contributed by atoms with Gasteiger partial charge in [0.1, 0.15) is 13.0 Å². The van der Waals surface area contributed by atoms with Crippen LogP contribution in [0.4, 0.5) is 0 Å². The van der Waals surface area contributed by atoms with Crippen LogP contribution in [0.5, 0.6) is 11.5 Å². The highest BCUT2D eigenvalue weighted by Crippen LogP contribution is 2.28. The number of carbonyl (C=O) groups is 1.